The number of nitriles is 1. The van der Waals surface area contributed by atoms with Gasteiger partial charge in [-0.1, -0.05) is 30.3 Å². The van der Waals surface area contributed by atoms with Gasteiger partial charge in [0.25, 0.3) is 5.56 Å². The van der Waals surface area contributed by atoms with Crippen molar-refractivity contribution in [3.05, 3.63) is 86.7 Å². The van der Waals surface area contributed by atoms with Crippen LogP contribution in [0, 0.1) is 18.3 Å². The van der Waals surface area contributed by atoms with Crippen LogP contribution < -0.4 is 5.56 Å². The third-order valence-corrected chi connectivity index (χ3v) is 4.89. The van der Waals surface area contributed by atoms with Gasteiger partial charge in [0.2, 0.25) is 5.88 Å². The van der Waals surface area contributed by atoms with Crippen molar-refractivity contribution in [2.45, 2.75) is 20.1 Å². The minimum atomic E-state index is -0.559. The monoisotopic (exact) mass is 400 g/mol. The summed E-state index contributed by atoms with van der Waals surface area (Å²) in [5.41, 5.74) is 2.01. The van der Waals surface area contributed by atoms with Crippen LogP contribution in [-0.4, -0.2) is 15.6 Å². The number of carbonyl (C=O) groups is 1. The third-order valence-electron chi connectivity index (χ3n) is 4.89. The average molecular weight is 400 g/mol. The number of benzene rings is 2. The normalized spacial score (nSPS) is 12.6. The molecular weight excluding hydrogens is 384 g/mol. The van der Waals surface area contributed by atoms with Crippen LogP contribution >= 0.6 is 0 Å². The molecule has 8 nitrogen and oxygen atoms in total. The van der Waals surface area contributed by atoms with E-state index >= 15 is 0 Å². The smallest absolute Gasteiger partial charge is 0.338 e. The van der Waals surface area contributed by atoms with Gasteiger partial charge in [0.1, 0.15) is 18.2 Å². The number of aromatic nitrogens is 1. The second kappa shape index (κ2) is 7.64. The van der Waals surface area contributed by atoms with E-state index in [1.165, 1.54) is 6.92 Å². The molecule has 0 unspecified atom stereocenters. The molecule has 1 aliphatic heterocycles. The van der Waals surface area contributed by atoms with E-state index in [0.717, 1.165) is 10.1 Å². The SMILES string of the molecule is Cc1c(C#N)c(O)n(Cc2ccccc2)c(=O)c1N=Nc1ccc2c(c1)COC2=O. The summed E-state index contributed by atoms with van der Waals surface area (Å²) < 4.78 is 6.07. The van der Waals surface area contributed by atoms with Crippen LogP contribution in [0.2, 0.25) is 0 Å². The molecule has 2 aromatic carbocycles. The van der Waals surface area contributed by atoms with Gasteiger partial charge in [-0.2, -0.15) is 10.4 Å². The Hall–Kier alpha value is -4.25. The zero-order chi connectivity index (χ0) is 21.3. The fourth-order valence-electron chi connectivity index (χ4n) is 3.26. The van der Waals surface area contributed by atoms with Crippen molar-refractivity contribution in [1.82, 2.24) is 4.57 Å². The summed E-state index contributed by atoms with van der Waals surface area (Å²) in [4.78, 5) is 24.6. The molecule has 1 aliphatic rings. The first-order valence-corrected chi connectivity index (χ1v) is 9.11. The summed E-state index contributed by atoms with van der Waals surface area (Å²) in [5, 5.41) is 28.1. The molecule has 3 aromatic rings. The fraction of sp³-hybridized carbons (Fsp3) is 0.136. The molecule has 8 heteroatoms. The number of aromatic hydroxyl groups is 1. The summed E-state index contributed by atoms with van der Waals surface area (Å²) in [6.45, 7) is 1.79. The Morgan fingerprint density at radius 3 is 2.67 bits per heavy atom. The summed E-state index contributed by atoms with van der Waals surface area (Å²) in [6.07, 6.45) is 0. The summed E-state index contributed by atoms with van der Waals surface area (Å²) in [7, 11) is 0. The highest BCUT2D eigenvalue weighted by atomic mass is 16.5. The molecule has 0 amide bonds. The van der Waals surface area contributed by atoms with Crippen molar-refractivity contribution in [2.75, 3.05) is 0 Å². The standard InChI is InChI=1S/C22H16N4O4/c1-13-18(10-23)20(27)26(11-14-5-3-2-4-6-14)21(28)19(13)25-24-16-7-8-17-15(9-16)12-30-22(17)29/h2-9,27H,11-12H2,1H3. The molecule has 1 N–H and O–H groups in total. The quantitative estimate of drug-likeness (QED) is 0.527. The third kappa shape index (κ3) is 3.33. The van der Waals surface area contributed by atoms with Crippen LogP contribution in [0.1, 0.15) is 32.6 Å². The Labute approximate surface area is 171 Å². The molecule has 0 bridgehead atoms. The molecule has 4 rings (SSSR count). The minimum absolute atomic E-state index is 0.0342. The predicted octanol–water partition coefficient (Wildman–Crippen LogP) is 3.87. The number of pyridine rings is 1. The van der Waals surface area contributed by atoms with E-state index in [0.29, 0.717) is 16.8 Å². The van der Waals surface area contributed by atoms with Crippen LogP contribution in [0.4, 0.5) is 11.4 Å². The second-order valence-electron chi connectivity index (χ2n) is 6.78. The zero-order valence-electron chi connectivity index (χ0n) is 16.0. The molecule has 2 heterocycles. The molecule has 0 saturated heterocycles. The molecule has 148 valence electrons. The van der Waals surface area contributed by atoms with Crippen LogP contribution in [0.3, 0.4) is 0 Å². The van der Waals surface area contributed by atoms with Crippen molar-refractivity contribution in [1.29, 1.82) is 5.26 Å². The van der Waals surface area contributed by atoms with E-state index in [-0.39, 0.29) is 35.9 Å². The highest BCUT2D eigenvalue weighted by molar-refractivity contribution is 5.93. The number of hydrogen-bond donors (Lipinski definition) is 1. The first kappa shape index (κ1) is 19.1. The van der Waals surface area contributed by atoms with Crippen molar-refractivity contribution >= 4 is 17.3 Å². The lowest BCUT2D eigenvalue weighted by Crippen LogP contribution is -2.22. The Kier molecular flexibility index (Phi) is 4.86. The predicted molar refractivity (Wildman–Crippen MR) is 107 cm³/mol. The van der Waals surface area contributed by atoms with Crippen molar-refractivity contribution in [2.24, 2.45) is 10.2 Å². The molecule has 0 fully saturated rings. The number of rotatable bonds is 4. The number of cyclic esters (lactones) is 1. The Bertz CT molecular complexity index is 1290. The lowest BCUT2D eigenvalue weighted by molar-refractivity contribution is 0.0535. The zero-order valence-corrected chi connectivity index (χ0v) is 16.0. The van der Waals surface area contributed by atoms with Gasteiger partial charge in [-0.15, -0.1) is 5.11 Å². The lowest BCUT2D eigenvalue weighted by Gasteiger charge is -2.13. The number of hydrogen-bond acceptors (Lipinski definition) is 7. The van der Waals surface area contributed by atoms with E-state index in [1.54, 1.807) is 18.2 Å². The van der Waals surface area contributed by atoms with Crippen LogP contribution in [-0.2, 0) is 17.9 Å². The van der Waals surface area contributed by atoms with Crippen molar-refractivity contribution in [3.63, 3.8) is 0 Å². The summed E-state index contributed by atoms with van der Waals surface area (Å²) in [5.74, 6) is -0.790. The topological polar surface area (TPSA) is 117 Å². The molecular formula is C22H16N4O4. The molecule has 0 spiro atoms. The number of carbonyl (C=O) groups excluding carboxylic acids is 1. The number of ether oxygens (including phenoxy) is 1. The molecule has 0 radical (unpaired) electrons. The van der Waals surface area contributed by atoms with E-state index < -0.39 is 11.4 Å². The van der Waals surface area contributed by atoms with Crippen molar-refractivity contribution < 1.29 is 14.6 Å². The lowest BCUT2D eigenvalue weighted by atomic mass is 10.1. The van der Waals surface area contributed by atoms with E-state index in [2.05, 4.69) is 10.2 Å². The van der Waals surface area contributed by atoms with Crippen LogP contribution in [0.25, 0.3) is 0 Å². The maximum Gasteiger partial charge on any atom is 0.338 e. The fourth-order valence-corrected chi connectivity index (χ4v) is 3.26. The Morgan fingerprint density at radius 2 is 1.93 bits per heavy atom. The Balaban J connectivity index is 1.77. The van der Waals surface area contributed by atoms with Crippen LogP contribution in [0.15, 0.2) is 63.6 Å². The molecule has 0 saturated carbocycles. The second-order valence-corrected chi connectivity index (χ2v) is 6.78. The van der Waals surface area contributed by atoms with Gasteiger partial charge in [0, 0.05) is 11.1 Å². The van der Waals surface area contributed by atoms with Gasteiger partial charge < -0.3 is 9.84 Å². The maximum absolute atomic E-state index is 13.0. The summed E-state index contributed by atoms with van der Waals surface area (Å²) in [6, 6.07) is 15.9. The number of esters is 1. The van der Waals surface area contributed by atoms with E-state index in [1.807, 2.05) is 36.4 Å². The van der Waals surface area contributed by atoms with Gasteiger partial charge in [-0.3, -0.25) is 9.36 Å². The number of nitrogens with zero attached hydrogens (tertiary/aromatic N) is 4. The highest BCUT2D eigenvalue weighted by Crippen LogP contribution is 2.29. The minimum Gasteiger partial charge on any atom is -0.493 e. The maximum atomic E-state index is 13.0. The van der Waals surface area contributed by atoms with Gasteiger partial charge in [0.15, 0.2) is 5.69 Å². The molecule has 1 aromatic heterocycles. The highest BCUT2D eigenvalue weighted by Gasteiger charge is 2.22. The van der Waals surface area contributed by atoms with Gasteiger partial charge in [0.05, 0.1) is 17.8 Å². The van der Waals surface area contributed by atoms with E-state index in [9.17, 15) is 20.0 Å². The first-order chi connectivity index (χ1) is 14.5. The Morgan fingerprint density at radius 1 is 1.17 bits per heavy atom. The van der Waals surface area contributed by atoms with Gasteiger partial charge in [-0.25, -0.2) is 4.79 Å². The van der Waals surface area contributed by atoms with Gasteiger partial charge >= 0.3 is 5.97 Å². The molecule has 0 atom stereocenters. The summed E-state index contributed by atoms with van der Waals surface area (Å²) >= 11 is 0. The number of fused-ring (bicyclic) bond motifs is 1. The van der Waals surface area contributed by atoms with Crippen LogP contribution in [0.5, 0.6) is 5.88 Å². The molecule has 0 aliphatic carbocycles. The average Bonchev–Trinajstić information content (AvgIpc) is 3.12. The largest absolute Gasteiger partial charge is 0.493 e. The first-order valence-electron chi connectivity index (χ1n) is 9.11. The number of azo groups is 1. The van der Waals surface area contributed by atoms with E-state index in [4.69, 9.17) is 4.74 Å². The van der Waals surface area contributed by atoms with Gasteiger partial charge in [-0.05, 0) is 30.7 Å². The molecule has 30 heavy (non-hydrogen) atoms. The van der Waals surface area contributed by atoms with Crippen molar-refractivity contribution in [3.8, 4) is 11.9 Å².